The van der Waals surface area contributed by atoms with Crippen molar-refractivity contribution in [2.45, 2.75) is 31.7 Å². The summed E-state index contributed by atoms with van der Waals surface area (Å²) >= 11 is 0. The van der Waals surface area contributed by atoms with E-state index in [0.29, 0.717) is 17.9 Å². The van der Waals surface area contributed by atoms with Crippen LogP contribution in [0.1, 0.15) is 25.7 Å². The molecule has 2 aliphatic heterocycles. The zero-order valence-electron chi connectivity index (χ0n) is 10.7. The summed E-state index contributed by atoms with van der Waals surface area (Å²) in [5, 5.41) is 3.19. The van der Waals surface area contributed by atoms with E-state index in [1.165, 1.54) is 25.7 Å². The van der Waals surface area contributed by atoms with Gasteiger partial charge in [-0.15, -0.1) is 0 Å². The van der Waals surface area contributed by atoms with Crippen molar-refractivity contribution in [2.24, 2.45) is 11.8 Å². The number of likely N-dealkylation sites (tertiary alicyclic amines) is 2. The summed E-state index contributed by atoms with van der Waals surface area (Å²) in [6.45, 7) is 4.26. The van der Waals surface area contributed by atoms with E-state index in [0.717, 1.165) is 26.2 Å². The molecule has 2 atom stereocenters. The summed E-state index contributed by atoms with van der Waals surface area (Å²) in [4.78, 5) is 16.5. The van der Waals surface area contributed by atoms with Crippen LogP contribution in [0, 0.1) is 11.8 Å². The lowest BCUT2D eigenvalue weighted by molar-refractivity contribution is 0.198. The van der Waals surface area contributed by atoms with E-state index in [4.69, 9.17) is 0 Å². The molecule has 3 fully saturated rings. The van der Waals surface area contributed by atoms with Gasteiger partial charge in [0.2, 0.25) is 0 Å². The molecule has 0 radical (unpaired) electrons. The molecule has 0 aromatic rings. The first-order valence-corrected chi connectivity index (χ1v) is 6.96. The van der Waals surface area contributed by atoms with Crippen LogP contribution in [0.15, 0.2) is 0 Å². The van der Waals surface area contributed by atoms with Crippen LogP contribution in [-0.4, -0.2) is 55.1 Å². The van der Waals surface area contributed by atoms with Gasteiger partial charge < -0.3 is 15.1 Å². The number of urea groups is 1. The average molecular weight is 237 g/mol. The van der Waals surface area contributed by atoms with E-state index in [1.54, 1.807) is 0 Å². The summed E-state index contributed by atoms with van der Waals surface area (Å²) in [5.41, 5.74) is 0. The normalized spacial score (nSPS) is 34.3. The zero-order chi connectivity index (χ0) is 11.8. The maximum Gasteiger partial charge on any atom is 0.317 e. The highest BCUT2D eigenvalue weighted by Crippen LogP contribution is 2.30. The Labute approximate surface area is 103 Å². The summed E-state index contributed by atoms with van der Waals surface area (Å²) in [5.74, 6) is 1.43. The first-order valence-electron chi connectivity index (χ1n) is 6.96. The van der Waals surface area contributed by atoms with Crippen molar-refractivity contribution in [3.8, 4) is 0 Å². The Morgan fingerprint density at radius 1 is 1.06 bits per heavy atom. The molecule has 0 bridgehead atoms. The summed E-state index contributed by atoms with van der Waals surface area (Å²) in [6, 6.07) is 0.638. The molecule has 96 valence electrons. The summed E-state index contributed by atoms with van der Waals surface area (Å²) < 4.78 is 0. The van der Waals surface area contributed by atoms with Crippen molar-refractivity contribution in [1.29, 1.82) is 0 Å². The summed E-state index contributed by atoms with van der Waals surface area (Å²) in [7, 11) is 2.18. The number of nitrogens with zero attached hydrogens (tertiary/aromatic N) is 2. The molecule has 17 heavy (non-hydrogen) atoms. The minimum atomic E-state index is 0.189. The van der Waals surface area contributed by atoms with Crippen molar-refractivity contribution in [2.75, 3.05) is 33.2 Å². The van der Waals surface area contributed by atoms with Gasteiger partial charge in [0, 0.05) is 32.2 Å². The van der Waals surface area contributed by atoms with Gasteiger partial charge >= 0.3 is 6.03 Å². The number of fused-ring (bicyclic) bond motifs is 1. The third kappa shape index (κ3) is 2.28. The Kier molecular flexibility index (Phi) is 2.99. The number of carbonyl (C=O) groups is 1. The Morgan fingerprint density at radius 2 is 1.65 bits per heavy atom. The molecule has 2 heterocycles. The van der Waals surface area contributed by atoms with E-state index in [1.807, 2.05) is 4.90 Å². The van der Waals surface area contributed by atoms with Crippen molar-refractivity contribution in [3.63, 3.8) is 0 Å². The zero-order valence-corrected chi connectivity index (χ0v) is 10.7. The van der Waals surface area contributed by atoms with Crippen LogP contribution in [0.2, 0.25) is 0 Å². The van der Waals surface area contributed by atoms with Gasteiger partial charge in [0.1, 0.15) is 0 Å². The Morgan fingerprint density at radius 3 is 2.24 bits per heavy atom. The molecule has 3 aliphatic rings. The molecule has 2 unspecified atom stereocenters. The fourth-order valence-electron chi connectivity index (χ4n) is 3.73. The monoisotopic (exact) mass is 237 g/mol. The van der Waals surface area contributed by atoms with Gasteiger partial charge in [0.25, 0.3) is 0 Å². The molecule has 4 heteroatoms. The third-order valence-corrected chi connectivity index (χ3v) is 4.64. The van der Waals surface area contributed by atoms with Crippen LogP contribution in [0.3, 0.4) is 0 Å². The predicted molar refractivity (Wildman–Crippen MR) is 66.8 cm³/mol. The molecule has 1 aliphatic carbocycles. The lowest BCUT2D eigenvalue weighted by Gasteiger charge is -2.22. The number of nitrogens with one attached hydrogen (secondary N) is 1. The van der Waals surface area contributed by atoms with E-state index < -0.39 is 0 Å². The maximum absolute atomic E-state index is 12.1. The standard InChI is InChI=1S/C13H23N3O/c1-15-6-10-8-16(9-11(10)7-15)13(17)14-12-4-2-3-5-12/h10-12H,2-9H2,1H3,(H,14,17). The van der Waals surface area contributed by atoms with Gasteiger partial charge in [-0.05, 0) is 31.7 Å². The second-order valence-electron chi connectivity index (χ2n) is 6.08. The van der Waals surface area contributed by atoms with Gasteiger partial charge in [0.05, 0.1) is 0 Å². The predicted octanol–water partition coefficient (Wildman–Crippen LogP) is 1.13. The molecular formula is C13H23N3O. The largest absolute Gasteiger partial charge is 0.335 e. The van der Waals surface area contributed by atoms with Crippen molar-refractivity contribution in [1.82, 2.24) is 15.1 Å². The Hall–Kier alpha value is -0.770. The molecule has 1 saturated carbocycles. The van der Waals surface area contributed by atoms with E-state index in [9.17, 15) is 4.79 Å². The molecule has 0 aromatic carbocycles. The number of amides is 2. The molecular weight excluding hydrogens is 214 g/mol. The minimum Gasteiger partial charge on any atom is -0.335 e. The number of carbonyl (C=O) groups excluding carboxylic acids is 1. The number of rotatable bonds is 1. The van der Waals surface area contributed by atoms with E-state index >= 15 is 0 Å². The Balaban J connectivity index is 1.51. The van der Waals surface area contributed by atoms with Crippen LogP contribution >= 0.6 is 0 Å². The molecule has 1 N–H and O–H groups in total. The van der Waals surface area contributed by atoms with E-state index in [-0.39, 0.29) is 6.03 Å². The highest BCUT2D eigenvalue weighted by atomic mass is 16.2. The second kappa shape index (κ2) is 4.48. The first kappa shape index (κ1) is 11.3. The highest BCUT2D eigenvalue weighted by molar-refractivity contribution is 5.75. The number of hydrogen-bond acceptors (Lipinski definition) is 2. The van der Waals surface area contributed by atoms with Crippen molar-refractivity contribution < 1.29 is 4.79 Å². The van der Waals surface area contributed by atoms with Crippen LogP contribution in [0.25, 0.3) is 0 Å². The lowest BCUT2D eigenvalue weighted by Crippen LogP contribution is -2.43. The van der Waals surface area contributed by atoms with Crippen LogP contribution in [-0.2, 0) is 0 Å². The first-order chi connectivity index (χ1) is 8.22. The van der Waals surface area contributed by atoms with E-state index in [2.05, 4.69) is 17.3 Å². The average Bonchev–Trinajstić information content (AvgIpc) is 2.92. The van der Waals surface area contributed by atoms with Gasteiger partial charge in [-0.2, -0.15) is 0 Å². The molecule has 0 aromatic heterocycles. The second-order valence-corrected chi connectivity index (χ2v) is 6.08. The van der Waals surface area contributed by atoms with Crippen molar-refractivity contribution >= 4 is 6.03 Å². The Bertz CT molecular complexity index is 287. The van der Waals surface area contributed by atoms with Crippen LogP contribution < -0.4 is 5.32 Å². The van der Waals surface area contributed by atoms with Crippen LogP contribution in [0.4, 0.5) is 4.79 Å². The summed E-state index contributed by atoms with van der Waals surface area (Å²) in [6.07, 6.45) is 4.91. The smallest absolute Gasteiger partial charge is 0.317 e. The van der Waals surface area contributed by atoms with Crippen LogP contribution in [0.5, 0.6) is 0 Å². The molecule has 0 spiro atoms. The molecule has 3 rings (SSSR count). The third-order valence-electron chi connectivity index (χ3n) is 4.64. The maximum atomic E-state index is 12.1. The molecule has 2 saturated heterocycles. The molecule has 4 nitrogen and oxygen atoms in total. The highest BCUT2D eigenvalue weighted by Gasteiger charge is 2.40. The SMILES string of the molecule is CN1CC2CN(C(=O)NC3CCCC3)CC2C1. The van der Waals surface area contributed by atoms with Gasteiger partial charge in [0.15, 0.2) is 0 Å². The fourth-order valence-corrected chi connectivity index (χ4v) is 3.73. The van der Waals surface area contributed by atoms with Gasteiger partial charge in [-0.3, -0.25) is 0 Å². The topological polar surface area (TPSA) is 35.6 Å². The molecule has 2 amide bonds. The minimum absolute atomic E-state index is 0.189. The number of hydrogen-bond donors (Lipinski definition) is 1. The van der Waals surface area contributed by atoms with Crippen molar-refractivity contribution in [3.05, 3.63) is 0 Å². The van der Waals surface area contributed by atoms with Gasteiger partial charge in [-0.1, -0.05) is 12.8 Å². The quantitative estimate of drug-likeness (QED) is 0.742. The lowest BCUT2D eigenvalue weighted by atomic mass is 10.0. The van der Waals surface area contributed by atoms with Gasteiger partial charge in [-0.25, -0.2) is 4.79 Å². The fraction of sp³-hybridized carbons (Fsp3) is 0.923.